The number of furan rings is 1. The Morgan fingerprint density at radius 2 is 2.18 bits per heavy atom. The molecule has 0 amide bonds. The minimum atomic E-state index is 0.139. The van der Waals surface area contributed by atoms with Gasteiger partial charge in [0.2, 0.25) is 0 Å². The summed E-state index contributed by atoms with van der Waals surface area (Å²) in [5.74, 6) is 0.891. The van der Waals surface area contributed by atoms with Gasteiger partial charge in [0.15, 0.2) is 0 Å². The van der Waals surface area contributed by atoms with E-state index in [-0.39, 0.29) is 11.6 Å². The first-order valence-corrected chi connectivity index (χ1v) is 6.40. The Kier molecular flexibility index (Phi) is 5.72. The zero-order valence-corrected chi connectivity index (χ0v) is 11.5. The van der Waals surface area contributed by atoms with Crippen molar-refractivity contribution in [2.75, 3.05) is 6.54 Å². The van der Waals surface area contributed by atoms with E-state index in [0.717, 1.165) is 25.1 Å². The fourth-order valence-electron chi connectivity index (χ4n) is 1.58. The fraction of sp³-hybridized carbons (Fsp3) is 0.714. The van der Waals surface area contributed by atoms with Crippen molar-refractivity contribution in [3.05, 3.63) is 24.2 Å². The van der Waals surface area contributed by atoms with Crippen LogP contribution >= 0.6 is 0 Å². The largest absolute Gasteiger partial charge is 0.467 e. The molecule has 1 aromatic rings. The van der Waals surface area contributed by atoms with Crippen LogP contribution in [0.1, 0.15) is 46.3 Å². The van der Waals surface area contributed by atoms with Crippen LogP contribution in [0.25, 0.3) is 0 Å². The molecule has 0 saturated carbocycles. The van der Waals surface area contributed by atoms with Gasteiger partial charge >= 0.3 is 0 Å². The van der Waals surface area contributed by atoms with Crippen molar-refractivity contribution in [1.29, 1.82) is 0 Å². The van der Waals surface area contributed by atoms with E-state index >= 15 is 0 Å². The Bertz CT molecular complexity index is 288. The van der Waals surface area contributed by atoms with Gasteiger partial charge in [0, 0.05) is 12.1 Å². The van der Waals surface area contributed by atoms with E-state index in [0.29, 0.717) is 6.61 Å². The third-order valence-electron chi connectivity index (χ3n) is 2.51. The molecule has 1 N–H and O–H groups in total. The molecule has 17 heavy (non-hydrogen) atoms. The normalized spacial score (nSPS) is 13.9. The second kappa shape index (κ2) is 6.82. The summed E-state index contributed by atoms with van der Waals surface area (Å²) in [5.41, 5.74) is 0.139. The molecule has 1 atom stereocenters. The maximum absolute atomic E-state index is 5.87. The highest BCUT2D eigenvalue weighted by molar-refractivity contribution is 4.96. The fourth-order valence-corrected chi connectivity index (χ4v) is 1.58. The SMILES string of the molecule is CCCC(CNC(C)(C)C)OCc1ccco1. The summed E-state index contributed by atoms with van der Waals surface area (Å²) in [6.45, 7) is 10.1. The molecule has 3 nitrogen and oxygen atoms in total. The Balaban J connectivity index is 2.32. The lowest BCUT2D eigenvalue weighted by molar-refractivity contribution is 0.0222. The van der Waals surface area contributed by atoms with E-state index in [1.807, 2.05) is 12.1 Å². The van der Waals surface area contributed by atoms with Crippen LogP contribution in [0.2, 0.25) is 0 Å². The van der Waals surface area contributed by atoms with E-state index in [1.54, 1.807) is 6.26 Å². The van der Waals surface area contributed by atoms with Gasteiger partial charge in [-0.3, -0.25) is 0 Å². The van der Waals surface area contributed by atoms with Crippen molar-refractivity contribution < 1.29 is 9.15 Å². The van der Waals surface area contributed by atoms with Crippen molar-refractivity contribution in [3.63, 3.8) is 0 Å². The van der Waals surface area contributed by atoms with Crippen LogP contribution in [0.15, 0.2) is 22.8 Å². The van der Waals surface area contributed by atoms with Crippen LogP contribution in [0, 0.1) is 0 Å². The lowest BCUT2D eigenvalue weighted by Crippen LogP contribution is -2.41. The van der Waals surface area contributed by atoms with Crippen molar-refractivity contribution in [2.45, 2.75) is 58.8 Å². The lowest BCUT2D eigenvalue weighted by atomic mass is 10.1. The molecular weight excluding hydrogens is 214 g/mol. The number of hydrogen-bond donors (Lipinski definition) is 1. The van der Waals surface area contributed by atoms with Gasteiger partial charge in [-0.2, -0.15) is 0 Å². The molecule has 98 valence electrons. The number of nitrogens with one attached hydrogen (secondary N) is 1. The first-order chi connectivity index (χ1) is 8.01. The molecule has 0 radical (unpaired) electrons. The minimum Gasteiger partial charge on any atom is -0.467 e. The molecule has 0 spiro atoms. The second-order valence-corrected chi connectivity index (χ2v) is 5.43. The predicted octanol–water partition coefficient (Wildman–Crippen LogP) is 3.35. The van der Waals surface area contributed by atoms with Crippen LogP contribution in [0.3, 0.4) is 0 Å². The molecule has 0 saturated heterocycles. The molecule has 1 aromatic heterocycles. The first-order valence-electron chi connectivity index (χ1n) is 6.40. The summed E-state index contributed by atoms with van der Waals surface area (Å²) in [7, 11) is 0. The summed E-state index contributed by atoms with van der Waals surface area (Å²) in [6.07, 6.45) is 4.14. The maximum atomic E-state index is 5.87. The highest BCUT2D eigenvalue weighted by atomic mass is 16.5. The smallest absolute Gasteiger partial charge is 0.129 e. The average molecular weight is 239 g/mol. The van der Waals surface area contributed by atoms with Gasteiger partial charge in [-0.15, -0.1) is 0 Å². The van der Waals surface area contributed by atoms with Crippen molar-refractivity contribution >= 4 is 0 Å². The molecule has 1 unspecified atom stereocenters. The summed E-state index contributed by atoms with van der Waals surface area (Å²) >= 11 is 0. The van der Waals surface area contributed by atoms with E-state index < -0.39 is 0 Å². The highest BCUT2D eigenvalue weighted by Crippen LogP contribution is 2.09. The van der Waals surface area contributed by atoms with Crippen LogP contribution in [0.4, 0.5) is 0 Å². The molecule has 0 aliphatic carbocycles. The van der Waals surface area contributed by atoms with Gasteiger partial charge in [0.1, 0.15) is 12.4 Å². The number of ether oxygens (including phenoxy) is 1. The Morgan fingerprint density at radius 1 is 1.41 bits per heavy atom. The topological polar surface area (TPSA) is 34.4 Å². The monoisotopic (exact) mass is 239 g/mol. The van der Waals surface area contributed by atoms with Crippen molar-refractivity contribution in [2.24, 2.45) is 0 Å². The van der Waals surface area contributed by atoms with Gasteiger partial charge < -0.3 is 14.5 Å². The molecule has 0 aliphatic heterocycles. The quantitative estimate of drug-likeness (QED) is 0.792. The third-order valence-corrected chi connectivity index (χ3v) is 2.51. The van der Waals surface area contributed by atoms with Crippen LogP contribution in [-0.2, 0) is 11.3 Å². The number of hydrogen-bond acceptors (Lipinski definition) is 3. The van der Waals surface area contributed by atoms with E-state index in [2.05, 4.69) is 33.0 Å². The molecule has 0 aliphatic rings. The van der Waals surface area contributed by atoms with Gasteiger partial charge in [0.25, 0.3) is 0 Å². The molecule has 3 heteroatoms. The van der Waals surface area contributed by atoms with Gasteiger partial charge in [-0.05, 0) is 39.3 Å². The molecule has 1 heterocycles. The molecule has 0 aromatic carbocycles. The summed E-state index contributed by atoms with van der Waals surface area (Å²) in [6, 6.07) is 3.83. The highest BCUT2D eigenvalue weighted by Gasteiger charge is 2.14. The van der Waals surface area contributed by atoms with E-state index in [4.69, 9.17) is 9.15 Å². The lowest BCUT2D eigenvalue weighted by Gasteiger charge is -2.25. The zero-order valence-electron chi connectivity index (χ0n) is 11.5. The average Bonchev–Trinajstić information content (AvgIpc) is 2.74. The summed E-state index contributed by atoms with van der Waals surface area (Å²) in [5, 5.41) is 3.48. The van der Waals surface area contributed by atoms with Crippen molar-refractivity contribution in [3.8, 4) is 0 Å². The zero-order chi connectivity index (χ0) is 12.7. The third kappa shape index (κ3) is 6.49. The first kappa shape index (κ1) is 14.3. The second-order valence-electron chi connectivity index (χ2n) is 5.43. The van der Waals surface area contributed by atoms with Gasteiger partial charge in [-0.25, -0.2) is 0 Å². The molecule has 1 rings (SSSR count). The summed E-state index contributed by atoms with van der Waals surface area (Å²) < 4.78 is 11.1. The Hall–Kier alpha value is -0.800. The van der Waals surface area contributed by atoms with Crippen LogP contribution < -0.4 is 5.32 Å². The Labute approximate surface area is 105 Å². The summed E-state index contributed by atoms with van der Waals surface area (Å²) in [4.78, 5) is 0. The minimum absolute atomic E-state index is 0.139. The Morgan fingerprint density at radius 3 is 2.71 bits per heavy atom. The molecule has 0 bridgehead atoms. The van der Waals surface area contributed by atoms with Crippen LogP contribution in [-0.4, -0.2) is 18.2 Å². The standard InChI is InChI=1S/C14H25NO2/c1-5-7-12(10-15-14(2,3)4)17-11-13-8-6-9-16-13/h6,8-9,12,15H,5,7,10-11H2,1-4H3. The van der Waals surface area contributed by atoms with Gasteiger partial charge in [-0.1, -0.05) is 13.3 Å². The van der Waals surface area contributed by atoms with Gasteiger partial charge in [0.05, 0.1) is 12.4 Å². The molecule has 0 fully saturated rings. The molecular formula is C14H25NO2. The van der Waals surface area contributed by atoms with Crippen LogP contribution in [0.5, 0.6) is 0 Å². The maximum Gasteiger partial charge on any atom is 0.129 e. The number of rotatable bonds is 7. The van der Waals surface area contributed by atoms with E-state index in [1.165, 1.54) is 0 Å². The van der Waals surface area contributed by atoms with Crippen molar-refractivity contribution in [1.82, 2.24) is 5.32 Å². The predicted molar refractivity (Wildman–Crippen MR) is 69.9 cm³/mol. The van der Waals surface area contributed by atoms with E-state index in [9.17, 15) is 0 Å².